The Morgan fingerprint density at radius 3 is 2.57 bits per heavy atom. The lowest BCUT2D eigenvalue weighted by Gasteiger charge is -2.24. The van der Waals surface area contributed by atoms with Gasteiger partial charge in [0.1, 0.15) is 17.4 Å². The van der Waals surface area contributed by atoms with Gasteiger partial charge < -0.3 is 25.4 Å². The molecule has 1 unspecified atom stereocenters. The number of anilines is 2. The predicted octanol–water partition coefficient (Wildman–Crippen LogP) is 5.19. The molecule has 7 nitrogen and oxygen atoms in total. The Kier molecular flexibility index (Phi) is 8.06. The van der Waals surface area contributed by atoms with Crippen LogP contribution in [0.1, 0.15) is 30.1 Å². The third-order valence-electron chi connectivity index (χ3n) is 5.37. The Morgan fingerprint density at radius 1 is 1.23 bits per heavy atom. The maximum Gasteiger partial charge on any atom is 0.425 e. The number of nitrogens with zero attached hydrogens (tertiary/aromatic N) is 1. The Bertz CT molecular complexity index is 1090. The maximum atomic E-state index is 14.8. The molecule has 1 aliphatic rings. The molecule has 0 aliphatic carbocycles. The average Bonchev–Trinajstić information content (AvgIpc) is 3.26. The van der Waals surface area contributed by atoms with Crippen LogP contribution < -0.4 is 15.4 Å². The standard InChI is InChI=1S/C22H21ClF5N3O4/c1-11(22(26,27)28)35-18-9-17(29-21(34)31-7-3-4-12(31)10-32)16(25)8-13(18)20(33)30-19-14(23)5-2-6-15(19)24/h2,5-6,8-9,11-12,32H,3-4,7,10H2,1H3,(H,29,34)(H,30,33)/t11?,12-/m1/s1. The summed E-state index contributed by atoms with van der Waals surface area (Å²) in [6, 6.07) is 3.54. The summed E-state index contributed by atoms with van der Waals surface area (Å²) in [4.78, 5) is 26.6. The molecule has 2 atom stereocenters. The van der Waals surface area contributed by atoms with Crippen molar-refractivity contribution in [2.45, 2.75) is 38.1 Å². The average molecular weight is 522 g/mol. The number of likely N-dealkylation sites (tertiary alicyclic amines) is 1. The van der Waals surface area contributed by atoms with Crippen LogP contribution in [0.3, 0.4) is 0 Å². The highest BCUT2D eigenvalue weighted by molar-refractivity contribution is 6.34. The number of benzene rings is 2. The van der Waals surface area contributed by atoms with Crippen LogP contribution in [0.2, 0.25) is 5.02 Å². The number of para-hydroxylation sites is 1. The fourth-order valence-corrected chi connectivity index (χ4v) is 3.67. The zero-order valence-corrected chi connectivity index (χ0v) is 19.0. The molecule has 0 aromatic heterocycles. The second-order valence-corrected chi connectivity index (χ2v) is 8.19. The van der Waals surface area contributed by atoms with Crippen molar-refractivity contribution in [2.75, 3.05) is 23.8 Å². The van der Waals surface area contributed by atoms with Gasteiger partial charge in [0.15, 0.2) is 6.10 Å². The quantitative estimate of drug-likeness (QED) is 0.456. The predicted molar refractivity (Wildman–Crippen MR) is 118 cm³/mol. The van der Waals surface area contributed by atoms with E-state index >= 15 is 0 Å². The van der Waals surface area contributed by atoms with Gasteiger partial charge in [-0.2, -0.15) is 13.2 Å². The summed E-state index contributed by atoms with van der Waals surface area (Å²) in [5.74, 6) is -3.99. The van der Waals surface area contributed by atoms with Gasteiger partial charge in [0.05, 0.1) is 34.6 Å². The summed E-state index contributed by atoms with van der Waals surface area (Å²) in [6.45, 7) is 0.648. The number of halogens is 6. The number of aliphatic hydroxyl groups excluding tert-OH is 1. The number of rotatable bonds is 6. The molecule has 1 saturated heterocycles. The summed E-state index contributed by atoms with van der Waals surface area (Å²) < 4.78 is 73.2. The molecule has 2 aromatic rings. The number of nitrogens with one attached hydrogen (secondary N) is 2. The lowest BCUT2D eigenvalue weighted by molar-refractivity contribution is -0.189. The SMILES string of the molecule is CC(Oc1cc(NC(=O)N2CCC[C@@H]2CO)c(F)cc1C(=O)Nc1c(F)cccc1Cl)C(F)(F)F. The van der Waals surface area contributed by atoms with E-state index in [9.17, 15) is 36.6 Å². The van der Waals surface area contributed by atoms with E-state index in [0.717, 1.165) is 12.1 Å². The zero-order valence-electron chi connectivity index (χ0n) is 18.3. The number of amides is 3. The van der Waals surface area contributed by atoms with Crippen LogP contribution in [0, 0.1) is 11.6 Å². The first kappa shape index (κ1) is 26.5. The number of ether oxygens (including phenoxy) is 1. The minimum absolute atomic E-state index is 0.196. The number of alkyl halides is 3. The second-order valence-electron chi connectivity index (χ2n) is 7.78. The molecule has 3 rings (SSSR count). The summed E-state index contributed by atoms with van der Waals surface area (Å²) >= 11 is 5.87. The van der Waals surface area contributed by atoms with E-state index in [1.165, 1.54) is 17.0 Å². The molecule has 2 aromatic carbocycles. The van der Waals surface area contributed by atoms with Gasteiger partial charge in [-0.15, -0.1) is 0 Å². The highest BCUT2D eigenvalue weighted by Gasteiger charge is 2.39. The van der Waals surface area contributed by atoms with E-state index in [0.29, 0.717) is 25.8 Å². The molecule has 1 heterocycles. The van der Waals surface area contributed by atoms with E-state index in [4.69, 9.17) is 16.3 Å². The molecule has 1 aliphatic heterocycles. The monoisotopic (exact) mass is 521 g/mol. The topological polar surface area (TPSA) is 90.9 Å². The van der Waals surface area contributed by atoms with Gasteiger partial charge in [-0.25, -0.2) is 13.6 Å². The molecule has 0 bridgehead atoms. The second kappa shape index (κ2) is 10.6. The van der Waals surface area contributed by atoms with Gasteiger partial charge in [-0.3, -0.25) is 4.79 Å². The van der Waals surface area contributed by atoms with E-state index in [-0.39, 0.29) is 18.2 Å². The Balaban J connectivity index is 1.95. The van der Waals surface area contributed by atoms with Crippen molar-refractivity contribution in [3.8, 4) is 5.75 Å². The molecule has 3 amide bonds. The van der Waals surface area contributed by atoms with Crippen molar-refractivity contribution in [2.24, 2.45) is 0 Å². The molecule has 0 radical (unpaired) electrons. The van der Waals surface area contributed by atoms with Crippen molar-refractivity contribution >= 4 is 34.9 Å². The summed E-state index contributed by atoms with van der Waals surface area (Å²) in [7, 11) is 0. The first-order valence-corrected chi connectivity index (χ1v) is 10.8. The summed E-state index contributed by atoms with van der Waals surface area (Å²) in [5, 5.41) is 13.5. The summed E-state index contributed by atoms with van der Waals surface area (Å²) in [5.41, 5.74) is -1.70. The minimum atomic E-state index is -4.83. The highest BCUT2D eigenvalue weighted by atomic mass is 35.5. The van der Waals surface area contributed by atoms with Crippen molar-refractivity contribution in [1.82, 2.24) is 4.90 Å². The van der Waals surface area contributed by atoms with Gasteiger partial charge in [0.25, 0.3) is 5.91 Å². The largest absolute Gasteiger partial charge is 0.480 e. The number of aliphatic hydroxyl groups is 1. The first-order chi connectivity index (χ1) is 16.4. The van der Waals surface area contributed by atoms with E-state index in [2.05, 4.69) is 10.6 Å². The molecular weight excluding hydrogens is 501 g/mol. The van der Waals surface area contributed by atoms with Crippen LogP contribution in [0.5, 0.6) is 5.75 Å². The molecule has 0 spiro atoms. The molecule has 13 heteroatoms. The Morgan fingerprint density at radius 2 is 1.94 bits per heavy atom. The molecule has 35 heavy (non-hydrogen) atoms. The molecular formula is C22H21ClF5N3O4. The third-order valence-corrected chi connectivity index (χ3v) is 5.69. The van der Waals surface area contributed by atoms with Crippen molar-refractivity contribution in [3.63, 3.8) is 0 Å². The van der Waals surface area contributed by atoms with Crippen molar-refractivity contribution < 1.29 is 41.4 Å². The van der Waals surface area contributed by atoms with E-state index in [1.807, 2.05) is 0 Å². The lowest BCUT2D eigenvalue weighted by Crippen LogP contribution is -2.40. The van der Waals surface area contributed by atoms with Crippen LogP contribution >= 0.6 is 11.6 Å². The van der Waals surface area contributed by atoms with E-state index in [1.54, 1.807) is 0 Å². The number of hydrogen-bond donors (Lipinski definition) is 3. The van der Waals surface area contributed by atoms with Crippen molar-refractivity contribution in [1.29, 1.82) is 0 Å². The van der Waals surface area contributed by atoms with Gasteiger partial charge >= 0.3 is 12.2 Å². The number of carbonyl (C=O) groups is 2. The minimum Gasteiger partial charge on any atom is -0.480 e. The van der Waals surface area contributed by atoms with Crippen molar-refractivity contribution in [3.05, 3.63) is 52.6 Å². The smallest absolute Gasteiger partial charge is 0.425 e. The molecule has 1 fully saturated rings. The van der Waals surface area contributed by atoms with Crippen LogP contribution in [-0.2, 0) is 0 Å². The Labute approximate surface area is 201 Å². The normalized spacial score (nSPS) is 16.7. The zero-order chi connectivity index (χ0) is 25.9. The molecule has 0 saturated carbocycles. The van der Waals surface area contributed by atoms with Gasteiger partial charge in [-0.1, -0.05) is 17.7 Å². The highest BCUT2D eigenvalue weighted by Crippen LogP contribution is 2.33. The van der Waals surface area contributed by atoms with Gasteiger partial charge in [0.2, 0.25) is 0 Å². The number of hydrogen-bond acceptors (Lipinski definition) is 4. The lowest BCUT2D eigenvalue weighted by atomic mass is 10.1. The van der Waals surface area contributed by atoms with Crippen LogP contribution in [0.15, 0.2) is 30.3 Å². The fourth-order valence-electron chi connectivity index (χ4n) is 3.46. The van der Waals surface area contributed by atoms with E-state index < -0.39 is 64.6 Å². The van der Waals surface area contributed by atoms with Gasteiger partial charge in [0, 0.05) is 12.6 Å². The number of carbonyl (C=O) groups excluding carboxylic acids is 2. The number of urea groups is 1. The van der Waals surface area contributed by atoms with Gasteiger partial charge in [-0.05, 0) is 38.0 Å². The first-order valence-electron chi connectivity index (χ1n) is 10.4. The molecule has 3 N–H and O–H groups in total. The Hall–Kier alpha value is -3.12. The van der Waals surface area contributed by atoms with Crippen LogP contribution in [-0.4, -0.2) is 53.4 Å². The maximum absolute atomic E-state index is 14.8. The third kappa shape index (κ3) is 6.12. The van der Waals surface area contributed by atoms with Crippen LogP contribution in [0.4, 0.5) is 38.1 Å². The molecule has 190 valence electrons. The van der Waals surface area contributed by atoms with Crippen LogP contribution in [0.25, 0.3) is 0 Å². The summed E-state index contributed by atoms with van der Waals surface area (Å²) in [6.07, 6.45) is -6.10. The fraction of sp³-hybridized carbons (Fsp3) is 0.364.